The molecule has 1 atom stereocenters. The summed E-state index contributed by atoms with van der Waals surface area (Å²) in [5, 5.41) is 2.81. The lowest BCUT2D eigenvalue weighted by molar-refractivity contribution is 0.0737. The van der Waals surface area contributed by atoms with E-state index < -0.39 is 0 Å². The van der Waals surface area contributed by atoms with Crippen molar-refractivity contribution in [2.24, 2.45) is 0 Å². The minimum Gasteiger partial charge on any atom is -0.467 e. The van der Waals surface area contributed by atoms with Gasteiger partial charge in [0.1, 0.15) is 23.4 Å². The molecule has 102 valence electrons. The van der Waals surface area contributed by atoms with Crippen LogP contribution < -0.4 is 5.32 Å². The molecule has 5 nitrogen and oxygen atoms in total. The van der Waals surface area contributed by atoms with Gasteiger partial charge in [-0.2, -0.15) is 0 Å². The van der Waals surface area contributed by atoms with Crippen LogP contribution in [0.25, 0.3) is 0 Å². The fourth-order valence-electron chi connectivity index (χ4n) is 1.91. The van der Waals surface area contributed by atoms with Gasteiger partial charge in [0.15, 0.2) is 0 Å². The van der Waals surface area contributed by atoms with E-state index in [1.807, 2.05) is 13.0 Å². The van der Waals surface area contributed by atoms with E-state index >= 15 is 0 Å². The molecule has 0 aromatic carbocycles. The quantitative estimate of drug-likeness (QED) is 0.900. The molecule has 0 fully saturated rings. The lowest BCUT2D eigenvalue weighted by atomic mass is 10.2. The Hall–Kier alpha value is -2.01. The number of hydrogen-bond donors (Lipinski definition) is 1. The summed E-state index contributed by atoms with van der Waals surface area (Å²) in [7, 11) is 1.58. The summed E-state index contributed by atoms with van der Waals surface area (Å²) >= 11 is 0. The van der Waals surface area contributed by atoms with Crippen molar-refractivity contribution in [2.45, 2.75) is 20.0 Å². The van der Waals surface area contributed by atoms with Crippen LogP contribution in [-0.2, 0) is 4.74 Å². The molecule has 19 heavy (non-hydrogen) atoms. The topological polar surface area (TPSA) is 64.6 Å². The molecule has 0 saturated carbocycles. The van der Waals surface area contributed by atoms with Gasteiger partial charge in [0.25, 0.3) is 5.91 Å². The van der Waals surface area contributed by atoms with Gasteiger partial charge in [-0.3, -0.25) is 4.79 Å². The number of ether oxygens (including phenoxy) is 1. The maximum absolute atomic E-state index is 12.0. The molecule has 2 aromatic rings. The first kappa shape index (κ1) is 13.4. The number of hydrogen-bond acceptors (Lipinski definition) is 4. The molecular formula is C14H17NO4. The van der Waals surface area contributed by atoms with E-state index in [-0.39, 0.29) is 12.0 Å². The Labute approximate surface area is 111 Å². The predicted octanol–water partition coefficient (Wildman–Crippen LogP) is 2.61. The van der Waals surface area contributed by atoms with Gasteiger partial charge in [0, 0.05) is 7.11 Å². The molecule has 1 N–H and O–H groups in total. The second kappa shape index (κ2) is 5.75. The molecule has 0 saturated heterocycles. The third-order valence-electron chi connectivity index (χ3n) is 2.88. The Morgan fingerprint density at radius 1 is 1.47 bits per heavy atom. The Balaban J connectivity index is 1.98. The average Bonchev–Trinajstić information content (AvgIpc) is 3.00. The van der Waals surface area contributed by atoms with Gasteiger partial charge in [0.05, 0.1) is 18.4 Å². The van der Waals surface area contributed by atoms with Gasteiger partial charge in [-0.15, -0.1) is 0 Å². The number of carbonyl (C=O) groups excluding carboxylic acids is 1. The fourth-order valence-corrected chi connectivity index (χ4v) is 1.91. The van der Waals surface area contributed by atoms with E-state index in [1.54, 1.807) is 32.4 Å². The smallest absolute Gasteiger partial charge is 0.254 e. The minimum absolute atomic E-state index is 0.178. The van der Waals surface area contributed by atoms with Crippen molar-refractivity contribution in [3.05, 3.63) is 47.3 Å². The lowest BCUT2D eigenvalue weighted by Gasteiger charge is -2.13. The van der Waals surface area contributed by atoms with Gasteiger partial charge in [0.2, 0.25) is 0 Å². The molecule has 0 aliphatic heterocycles. The van der Waals surface area contributed by atoms with Crippen molar-refractivity contribution in [3.63, 3.8) is 0 Å². The maximum Gasteiger partial charge on any atom is 0.254 e. The van der Waals surface area contributed by atoms with Crippen LogP contribution in [0.3, 0.4) is 0 Å². The SMILES string of the molecule is COC(CNC(=O)c1cc(C)oc1C)c1ccco1. The molecule has 1 unspecified atom stereocenters. The summed E-state index contributed by atoms with van der Waals surface area (Å²) in [5.74, 6) is 1.84. The normalized spacial score (nSPS) is 12.4. The van der Waals surface area contributed by atoms with E-state index in [9.17, 15) is 4.79 Å². The van der Waals surface area contributed by atoms with Gasteiger partial charge in [-0.05, 0) is 32.0 Å². The van der Waals surface area contributed by atoms with Crippen LogP contribution >= 0.6 is 0 Å². The van der Waals surface area contributed by atoms with Crippen LogP contribution in [-0.4, -0.2) is 19.6 Å². The van der Waals surface area contributed by atoms with Crippen LogP contribution in [0.15, 0.2) is 33.3 Å². The summed E-state index contributed by atoms with van der Waals surface area (Å²) < 4.78 is 15.9. The first-order chi connectivity index (χ1) is 9.11. The van der Waals surface area contributed by atoms with Crippen LogP contribution in [0.1, 0.15) is 33.7 Å². The van der Waals surface area contributed by atoms with E-state index in [4.69, 9.17) is 13.6 Å². The molecular weight excluding hydrogens is 246 g/mol. The molecule has 0 radical (unpaired) electrons. The highest BCUT2D eigenvalue weighted by molar-refractivity contribution is 5.95. The van der Waals surface area contributed by atoms with Crippen molar-refractivity contribution in [1.29, 1.82) is 0 Å². The van der Waals surface area contributed by atoms with E-state index in [1.165, 1.54) is 0 Å². The second-order valence-electron chi connectivity index (χ2n) is 4.28. The molecule has 0 bridgehead atoms. The molecule has 2 heterocycles. The third-order valence-corrected chi connectivity index (χ3v) is 2.88. The summed E-state index contributed by atoms with van der Waals surface area (Å²) in [6, 6.07) is 5.32. The van der Waals surface area contributed by atoms with Crippen LogP contribution in [0, 0.1) is 13.8 Å². The Bertz CT molecular complexity index is 542. The van der Waals surface area contributed by atoms with Crippen molar-refractivity contribution >= 4 is 5.91 Å². The first-order valence-corrected chi connectivity index (χ1v) is 6.03. The summed E-state index contributed by atoms with van der Waals surface area (Å²) in [5.41, 5.74) is 0.548. The molecule has 5 heteroatoms. The maximum atomic E-state index is 12.0. The second-order valence-corrected chi connectivity index (χ2v) is 4.28. The molecule has 0 spiro atoms. The van der Waals surface area contributed by atoms with Gasteiger partial charge in [-0.25, -0.2) is 0 Å². The van der Waals surface area contributed by atoms with Gasteiger partial charge in [-0.1, -0.05) is 0 Å². The number of furan rings is 2. The van der Waals surface area contributed by atoms with Crippen molar-refractivity contribution in [1.82, 2.24) is 5.32 Å². The molecule has 0 aliphatic carbocycles. The Kier molecular flexibility index (Phi) is 4.06. The minimum atomic E-state index is -0.299. The molecule has 1 amide bonds. The highest BCUT2D eigenvalue weighted by Gasteiger charge is 2.17. The predicted molar refractivity (Wildman–Crippen MR) is 69.0 cm³/mol. The van der Waals surface area contributed by atoms with Crippen LogP contribution in [0.2, 0.25) is 0 Å². The Morgan fingerprint density at radius 3 is 2.79 bits per heavy atom. The number of amides is 1. The lowest BCUT2D eigenvalue weighted by Crippen LogP contribution is -2.29. The monoisotopic (exact) mass is 263 g/mol. The van der Waals surface area contributed by atoms with E-state index in [0.29, 0.717) is 23.6 Å². The summed E-state index contributed by atoms with van der Waals surface area (Å²) in [6.45, 7) is 3.92. The number of aryl methyl sites for hydroxylation is 2. The standard InChI is InChI=1S/C14H17NO4/c1-9-7-11(10(2)19-9)14(16)15-8-13(17-3)12-5-4-6-18-12/h4-7,13H,8H2,1-3H3,(H,15,16). The van der Waals surface area contributed by atoms with Gasteiger partial charge >= 0.3 is 0 Å². The van der Waals surface area contributed by atoms with Crippen molar-refractivity contribution < 1.29 is 18.4 Å². The molecule has 2 aromatic heterocycles. The van der Waals surface area contributed by atoms with E-state index in [2.05, 4.69) is 5.32 Å². The van der Waals surface area contributed by atoms with Gasteiger partial charge < -0.3 is 18.9 Å². The first-order valence-electron chi connectivity index (χ1n) is 6.03. The molecule has 0 aliphatic rings. The Morgan fingerprint density at radius 2 is 2.26 bits per heavy atom. The van der Waals surface area contributed by atoms with Crippen LogP contribution in [0.5, 0.6) is 0 Å². The zero-order chi connectivity index (χ0) is 13.8. The summed E-state index contributed by atoms with van der Waals surface area (Å²) in [6.07, 6.45) is 1.28. The number of carbonyl (C=O) groups is 1. The van der Waals surface area contributed by atoms with Crippen molar-refractivity contribution in [3.8, 4) is 0 Å². The number of rotatable bonds is 5. The van der Waals surface area contributed by atoms with Crippen LogP contribution in [0.4, 0.5) is 0 Å². The highest BCUT2D eigenvalue weighted by atomic mass is 16.5. The zero-order valence-corrected chi connectivity index (χ0v) is 11.2. The van der Waals surface area contributed by atoms with Crippen molar-refractivity contribution in [2.75, 3.05) is 13.7 Å². The number of nitrogens with one attached hydrogen (secondary N) is 1. The third kappa shape index (κ3) is 3.06. The number of methoxy groups -OCH3 is 1. The fraction of sp³-hybridized carbons (Fsp3) is 0.357. The van der Waals surface area contributed by atoms with E-state index in [0.717, 1.165) is 5.76 Å². The largest absolute Gasteiger partial charge is 0.467 e. The summed E-state index contributed by atoms with van der Waals surface area (Å²) in [4.78, 5) is 12.0. The molecule has 2 rings (SSSR count). The highest BCUT2D eigenvalue weighted by Crippen LogP contribution is 2.17. The average molecular weight is 263 g/mol. The zero-order valence-electron chi connectivity index (χ0n) is 11.2.